The van der Waals surface area contributed by atoms with Crippen LogP contribution in [0.25, 0.3) is 66.8 Å². The van der Waals surface area contributed by atoms with Crippen LogP contribution in [0, 0.1) is 11.6 Å². The molecule has 6 aromatic carbocycles. The van der Waals surface area contributed by atoms with Crippen LogP contribution in [0.3, 0.4) is 0 Å². The molecule has 4 heterocycles. The van der Waals surface area contributed by atoms with E-state index in [1.807, 2.05) is 13.8 Å². The van der Waals surface area contributed by atoms with Gasteiger partial charge >= 0.3 is 0 Å². The summed E-state index contributed by atoms with van der Waals surface area (Å²) < 4.78 is 100. The lowest BCUT2D eigenvalue weighted by Crippen LogP contribution is -2.41. The van der Waals surface area contributed by atoms with Gasteiger partial charge in [0, 0.05) is 89.0 Å². The lowest BCUT2D eigenvalue weighted by Gasteiger charge is -2.28. The van der Waals surface area contributed by atoms with Gasteiger partial charge in [0.2, 0.25) is 20.0 Å². The maximum Gasteiger partial charge on any atom is 0.255 e. The molecule has 0 unspecified atom stereocenters. The van der Waals surface area contributed by atoms with Crippen LogP contribution < -0.4 is 29.9 Å². The number of hydrogen-bond acceptors (Lipinski definition) is 14. The Hall–Kier alpha value is -10.1. The number of nitrogens with zero attached hydrogens (tertiary/aromatic N) is 4. The van der Waals surface area contributed by atoms with Gasteiger partial charge in [-0.1, -0.05) is 24.3 Å². The Morgan fingerprint density at radius 3 is 1.41 bits per heavy atom. The molecule has 20 nitrogen and oxygen atoms in total. The first kappa shape index (κ1) is 64.8. The van der Waals surface area contributed by atoms with Crippen molar-refractivity contribution in [1.82, 2.24) is 31.2 Å². The van der Waals surface area contributed by atoms with Gasteiger partial charge in [-0.05, 0) is 159 Å². The molecule has 24 heteroatoms. The number of aromatic nitrogens is 2. The zero-order chi connectivity index (χ0) is 66.0. The Kier molecular flexibility index (Phi) is 18.3. The summed E-state index contributed by atoms with van der Waals surface area (Å²) >= 11 is 0. The number of halogens is 2. The number of amides is 4. The monoisotopic (exact) mass is 1290 g/mol. The van der Waals surface area contributed by atoms with Gasteiger partial charge < -0.3 is 40.3 Å². The first-order valence-electron chi connectivity index (χ1n) is 28.8. The predicted molar refractivity (Wildman–Crippen MR) is 347 cm³/mol. The third-order valence-corrected chi connectivity index (χ3v) is 18.5. The summed E-state index contributed by atoms with van der Waals surface area (Å²) in [5, 5.41) is 32.6. The number of aliphatic hydroxyl groups excluding tert-OH is 2. The number of carbonyl (C=O) groups is 4. The van der Waals surface area contributed by atoms with E-state index in [9.17, 15) is 46.6 Å². The maximum atomic E-state index is 15.2. The van der Waals surface area contributed by atoms with Gasteiger partial charge in [0.25, 0.3) is 23.6 Å². The highest BCUT2D eigenvalue weighted by molar-refractivity contribution is 7.92. The van der Waals surface area contributed by atoms with Crippen LogP contribution in [0.5, 0.6) is 0 Å². The number of benzene rings is 6. The Morgan fingerprint density at radius 2 is 0.967 bits per heavy atom. The van der Waals surface area contributed by atoms with Gasteiger partial charge in [-0.25, -0.2) is 25.6 Å². The second-order valence-corrected chi connectivity index (χ2v) is 26.5. The molecule has 0 spiro atoms. The summed E-state index contributed by atoms with van der Waals surface area (Å²) in [6, 6.07) is 35.9. The van der Waals surface area contributed by atoms with Crippen LogP contribution in [0.1, 0.15) is 85.9 Å². The minimum Gasteiger partial charge on any atom is -0.455 e. The minimum absolute atomic E-state index is 0.00839. The molecular weight excluding hydrogens is 1220 g/mol. The standard InChI is InChI=1S/C68H64F2N8O12S2/c1-67(2,46-22-25-73-26-23-46)75-63(81)44-12-9-11-43(33-44)52-36-54-58(90-62(60(54)66(84)72-6)41-16-20-49(70)21-17-41)38-56(52)78(29-31-80)92(87,88)39-50-34-47(24-27-74-50)68(3,4)76-64(82)45-13-8-10-42(32-45)51-35-53-57(37-55(51)77(28-30-79)91(7,85)86)89-61(59(53)65(83)71-5)40-14-18-48(69)19-15-40/h8-27,32-38,79-80H,28-31,39H2,1-7H3,(H,71,83)(H,72,84)(H,75,81)(H,76,82). The van der Waals surface area contributed by atoms with Crippen LogP contribution in [-0.4, -0.2) is 107 Å². The summed E-state index contributed by atoms with van der Waals surface area (Å²) in [7, 11) is -5.84. The van der Waals surface area contributed by atoms with Crippen LogP contribution in [0.4, 0.5) is 20.2 Å². The first-order valence-corrected chi connectivity index (χ1v) is 32.3. The zero-order valence-corrected chi connectivity index (χ0v) is 52.6. The molecule has 10 rings (SSSR count). The number of hydrogen-bond donors (Lipinski definition) is 6. The number of pyridine rings is 2. The van der Waals surface area contributed by atoms with Crippen molar-refractivity contribution in [3.8, 4) is 44.9 Å². The second-order valence-electron chi connectivity index (χ2n) is 22.7. The molecule has 0 aliphatic carbocycles. The smallest absolute Gasteiger partial charge is 0.255 e. The summed E-state index contributed by atoms with van der Waals surface area (Å²) in [5.74, 6) is -3.88. The van der Waals surface area contributed by atoms with Crippen molar-refractivity contribution in [2.75, 3.05) is 55.3 Å². The van der Waals surface area contributed by atoms with E-state index >= 15 is 8.42 Å². The van der Waals surface area contributed by atoms with E-state index in [2.05, 4.69) is 31.2 Å². The van der Waals surface area contributed by atoms with Gasteiger partial charge in [0.05, 0.1) is 71.8 Å². The summed E-state index contributed by atoms with van der Waals surface area (Å²) in [6.07, 6.45) is 5.58. The number of anilines is 2. The quantitative estimate of drug-likeness (QED) is 0.0368. The fraction of sp³-hybridized carbons (Fsp3) is 0.206. The number of sulfonamides is 2. The Bertz CT molecular complexity index is 4730. The Morgan fingerprint density at radius 1 is 0.533 bits per heavy atom. The minimum atomic E-state index is -4.59. The molecule has 6 N–H and O–H groups in total. The highest BCUT2D eigenvalue weighted by atomic mass is 32.2. The van der Waals surface area contributed by atoms with E-state index in [1.54, 1.807) is 93.0 Å². The van der Waals surface area contributed by atoms with Crippen molar-refractivity contribution in [3.05, 3.63) is 215 Å². The van der Waals surface area contributed by atoms with E-state index < -0.39 is 91.9 Å². The van der Waals surface area contributed by atoms with Crippen molar-refractivity contribution >= 4 is 77.0 Å². The third kappa shape index (κ3) is 13.4. The molecule has 0 aliphatic heterocycles. The molecule has 0 fully saturated rings. The number of rotatable bonds is 22. The molecule has 10 aromatic rings. The average molecular weight is 1290 g/mol. The van der Waals surface area contributed by atoms with Crippen molar-refractivity contribution in [3.63, 3.8) is 0 Å². The lowest BCUT2D eigenvalue weighted by molar-refractivity contribution is 0.0903. The number of aliphatic hydroxyl groups is 2. The van der Waals surface area contributed by atoms with Gasteiger partial charge in [-0.2, -0.15) is 0 Å². The highest BCUT2D eigenvalue weighted by Gasteiger charge is 2.33. The molecule has 0 bridgehead atoms. The maximum absolute atomic E-state index is 15.2. The van der Waals surface area contributed by atoms with Gasteiger partial charge in [0.15, 0.2) is 0 Å². The third-order valence-electron chi connectivity index (χ3n) is 15.6. The lowest BCUT2D eigenvalue weighted by atomic mass is 9.93. The molecule has 0 saturated heterocycles. The molecule has 0 atom stereocenters. The molecule has 0 saturated carbocycles. The van der Waals surface area contributed by atoms with Crippen molar-refractivity contribution in [1.29, 1.82) is 0 Å². The molecule has 92 heavy (non-hydrogen) atoms. The van der Waals surface area contributed by atoms with Crippen molar-refractivity contribution < 1.29 is 63.8 Å². The highest BCUT2D eigenvalue weighted by Crippen LogP contribution is 2.45. The predicted octanol–water partition coefficient (Wildman–Crippen LogP) is 10.1. The largest absolute Gasteiger partial charge is 0.455 e. The number of fused-ring (bicyclic) bond motifs is 2. The van der Waals surface area contributed by atoms with Crippen LogP contribution in [0.2, 0.25) is 0 Å². The van der Waals surface area contributed by atoms with Gasteiger partial charge in [0.1, 0.15) is 40.1 Å². The first-order chi connectivity index (χ1) is 43.7. The van der Waals surface area contributed by atoms with Crippen molar-refractivity contribution in [2.24, 2.45) is 0 Å². The molecule has 0 radical (unpaired) electrons. The Balaban J connectivity index is 1.00. The summed E-state index contributed by atoms with van der Waals surface area (Å²) in [6.45, 7) is 4.93. The average Bonchev–Trinajstić information content (AvgIpc) is 1.54. The van der Waals surface area contributed by atoms with E-state index in [-0.39, 0.29) is 90.5 Å². The van der Waals surface area contributed by atoms with Crippen LogP contribution in [-0.2, 0) is 36.9 Å². The van der Waals surface area contributed by atoms with Crippen molar-refractivity contribution in [2.45, 2.75) is 44.5 Å². The molecule has 0 aliphatic rings. The van der Waals surface area contributed by atoms with E-state index in [4.69, 9.17) is 8.83 Å². The van der Waals surface area contributed by atoms with Crippen LogP contribution >= 0.6 is 0 Å². The Labute approximate surface area is 529 Å². The molecule has 4 aromatic heterocycles. The van der Waals surface area contributed by atoms with E-state index in [0.717, 1.165) is 20.4 Å². The SMILES string of the molecule is CNC(=O)c1c(-c2ccc(F)cc2)oc2cc(N(CCO)S(C)(=O)=O)c(-c3cccc(C(=O)NC(C)(C)c4ccnc(CS(=O)(=O)N(CCO)c5cc6oc(-c7ccc(F)cc7)c(C(=O)NC)c6cc5-c5cccc(C(=O)NC(C)(C)c6ccncc6)c5)c4)c3)cc12. The number of furan rings is 2. The summed E-state index contributed by atoms with van der Waals surface area (Å²) in [4.78, 5) is 64.7. The normalized spacial score (nSPS) is 12.0. The fourth-order valence-corrected chi connectivity index (χ4v) is 13.4. The number of carbonyl (C=O) groups excluding carboxylic acids is 4. The van der Waals surface area contributed by atoms with Gasteiger partial charge in [-0.3, -0.25) is 37.8 Å². The van der Waals surface area contributed by atoms with Gasteiger partial charge in [-0.15, -0.1) is 0 Å². The summed E-state index contributed by atoms with van der Waals surface area (Å²) in [5.41, 5.74) is 1.55. The molecule has 474 valence electrons. The fourth-order valence-electron chi connectivity index (χ4n) is 11.0. The number of nitrogens with one attached hydrogen (secondary N) is 4. The van der Waals surface area contributed by atoms with E-state index in [1.165, 1.54) is 99.2 Å². The second kappa shape index (κ2) is 26.0. The molecule has 4 amide bonds. The molecular formula is C68H64F2N8O12S2. The van der Waals surface area contributed by atoms with E-state index in [0.29, 0.717) is 27.8 Å². The topological polar surface area (TPSA) is 284 Å². The zero-order valence-electron chi connectivity index (χ0n) is 51.0. The van der Waals surface area contributed by atoms with Crippen LogP contribution in [0.15, 0.2) is 173 Å².